The summed E-state index contributed by atoms with van der Waals surface area (Å²) in [6.07, 6.45) is 0. The van der Waals surface area contributed by atoms with Crippen LogP contribution < -0.4 is 4.90 Å². The van der Waals surface area contributed by atoms with Crippen molar-refractivity contribution >= 4 is 40.4 Å². The molecule has 1 N–H and O–H groups in total. The van der Waals surface area contributed by atoms with Crippen molar-refractivity contribution in [2.45, 2.75) is 6.54 Å². The van der Waals surface area contributed by atoms with Gasteiger partial charge in [-0.15, -0.1) is 0 Å². The number of rotatable bonds is 3. The molecule has 0 unspecified atom stereocenters. The van der Waals surface area contributed by atoms with Crippen molar-refractivity contribution in [3.8, 4) is 0 Å². The molecular weight excluding hydrogens is 347 g/mol. The quantitative estimate of drug-likeness (QED) is 0.835. The molecule has 1 heterocycles. The number of hydrogen-bond acceptors (Lipinski definition) is 1. The molecule has 1 aliphatic heterocycles. The molecule has 23 heavy (non-hydrogen) atoms. The van der Waals surface area contributed by atoms with E-state index in [0.717, 1.165) is 43.3 Å². The average Bonchev–Trinajstić information content (AvgIpc) is 2.58. The van der Waals surface area contributed by atoms with E-state index >= 15 is 0 Å². The number of piperazine rings is 1. The number of nitrogens with one attached hydrogen (secondary N) is 1. The molecule has 1 aliphatic rings. The maximum absolute atomic E-state index is 6.10. The Hall–Kier alpha value is -1.13. The molecule has 1 fully saturated rings. The SMILES string of the molecule is S=C(c1ccc(Cl)c(Cl)c1)N1CC[NH+](Cc2ccccc2)CC1. The van der Waals surface area contributed by atoms with Crippen molar-refractivity contribution in [1.29, 1.82) is 0 Å². The lowest BCUT2D eigenvalue weighted by Crippen LogP contribution is -3.13. The smallest absolute Gasteiger partial charge is 0.109 e. The molecule has 0 bridgehead atoms. The molecule has 0 radical (unpaired) electrons. The van der Waals surface area contributed by atoms with Gasteiger partial charge < -0.3 is 9.80 Å². The first-order valence-electron chi connectivity index (χ1n) is 7.75. The van der Waals surface area contributed by atoms with E-state index in [1.807, 2.05) is 18.2 Å². The average molecular weight is 366 g/mol. The number of hydrogen-bond donors (Lipinski definition) is 1. The Morgan fingerprint density at radius 1 is 1.00 bits per heavy atom. The second-order valence-electron chi connectivity index (χ2n) is 5.83. The molecule has 0 atom stereocenters. The van der Waals surface area contributed by atoms with Crippen LogP contribution in [0.5, 0.6) is 0 Å². The Labute approximate surface area is 152 Å². The second-order valence-corrected chi connectivity index (χ2v) is 7.03. The third-order valence-corrected chi connectivity index (χ3v) is 5.45. The van der Waals surface area contributed by atoms with E-state index in [4.69, 9.17) is 35.4 Å². The zero-order valence-corrected chi connectivity index (χ0v) is 15.1. The lowest BCUT2D eigenvalue weighted by atomic mass is 10.1. The third-order valence-electron chi connectivity index (χ3n) is 4.22. The summed E-state index contributed by atoms with van der Waals surface area (Å²) in [6, 6.07) is 16.3. The molecule has 0 saturated carbocycles. The van der Waals surface area contributed by atoms with Crippen molar-refractivity contribution in [2.24, 2.45) is 0 Å². The van der Waals surface area contributed by atoms with Crippen LogP contribution in [0.15, 0.2) is 48.5 Å². The molecule has 2 aromatic carbocycles. The van der Waals surface area contributed by atoms with Crippen LogP contribution in [0.3, 0.4) is 0 Å². The highest BCUT2D eigenvalue weighted by Crippen LogP contribution is 2.23. The molecule has 0 spiro atoms. The van der Waals surface area contributed by atoms with Gasteiger partial charge in [0.25, 0.3) is 0 Å². The number of thiocarbonyl (C=S) groups is 1. The second kappa shape index (κ2) is 7.63. The van der Waals surface area contributed by atoms with Gasteiger partial charge in [0.15, 0.2) is 0 Å². The van der Waals surface area contributed by atoms with E-state index in [1.54, 1.807) is 4.90 Å². The summed E-state index contributed by atoms with van der Waals surface area (Å²) in [5.41, 5.74) is 2.36. The third kappa shape index (κ3) is 4.24. The topological polar surface area (TPSA) is 7.68 Å². The summed E-state index contributed by atoms with van der Waals surface area (Å²) < 4.78 is 0. The first-order chi connectivity index (χ1) is 11.1. The molecule has 2 nitrogen and oxygen atoms in total. The number of nitrogens with zero attached hydrogens (tertiary/aromatic N) is 1. The van der Waals surface area contributed by atoms with Crippen LogP contribution in [0.2, 0.25) is 10.0 Å². The maximum atomic E-state index is 6.10. The summed E-state index contributed by atoms with van der Waals surface area (Å²) in [6.45, 7) is 5.21. The maximum Gasteiger partial charge on any atom is 0.109 e. The molecule has 0 amide bonds. The van der Waals surface area contributed by atoms with Gasteiger partial charge in [0.05, 0.1) is 36.2 Å². The van der Waals surface area contributed by atoms with E-state index < -0.39 is 0 Å². The van der Waals surface area contributed by atoms with Gasteiger partial charge in [0, 0.05) is 11.1 Å². The Balaban J connectivity index is 1.58. The summed E-state index contributed by atoms with van der Waals surface area (Å²) in [7, 11) is 0. The minimum Gasteiger partial charge on any atom is -0.351 e. The first-order valence-corrected chi connectivity index (χ1v) is 8.92. The van der Waals surface area contributed by atoms with Crippen LogP contribution in [0, 0.1) is 0 Å². The molecule has 3 rings (SSSR count). The molecule has 0 aliphatic carbocycles. The van der Waals surface area contributed by atoms with Crippen molar-refractivity contribution in [1.82, 2.24) is 4.90 Å². The lowest BCUT2D eigenvalue weighted by Gasteiger charge is -2.34. The Bertz CT molecular complexity index is 683. The van der Waals surface area contributed by atoms with Crippen LogP contribution in [-0.2, 0) is 6.54 Å². The van der Waals surface area contributed by atoms with Gasteiger partial charge in [-0.3, -0.25) is 0 Å². The van der Waals surface area contributed by atoms with Gasteiger partial charge in [0.2, 0.25) is 0 Å². The summed E-state index contributed by atoms with van der Waals surface area (Å²) in [5, 5.41) is 1.12. The molecule has 0 aromatic heterocycles. The standard InChI is InChI=1S/C18H18Cl2N2S/c19-16-7-6-15(12-17(16)20)18(23)22-10-8-21(9-11-22)13-14-4-2-1-3-5-14/h1-7,12H,8-11,13H2/p+1. The Morgan fingerprint density at radius 2 is 1.70 bits per heavy atom. The first kappa shape index (κ1) is 16.7. The zero-order valence-electron chi connectivity index (χ0n) is 12.8. The highest BCUT2D eigenvalue weighted by molar-refractivity contribution is 7.80. The van der Waals surface area contributed by atoms with Crippen LogP contribution >= 0.6 is 35.4 Å². The van der Waals surface area contributed by atoms with Gasteiger partial charge in [-0.1, -0.05) is 71.8 Å². The summed E-state index contributed by atoms with van der Waals surface area (Å²) >= 11 is 17.7. The summed E-state index contributed by atoms with van der Waals surface area (Å²) in [4.78, 5) is 4.73. The molecule has 1 saturated heterocycles. The fourth-order valence-electron chi connectivity index (χ4n) is 2.90. The highest BCUT2D eigenvalue weighted by Gasteiger charge is 2.22. The predicted octanol–water partition coefficient (Wildman–Crippen LogP) is 3.07. The molecular formula is C18H19Cl2N2S+. The predicted molar refractivity (Wildman–Crippen MR) is 101 cm³/mol. The minimum atomic E-state index is 0.555. The van der Waals surface area contributed by atoms with E-state index in [9.17, 15) is 0 Å². The van der Waals surface area contributed by atoms with Gasteiger partial charge in [-0.2, -0.15) is 0 Å². The Morgan fingerprint density at radius 3 is 2.35 bits per heavy atom. The zero-order chi connectivity index (χ0) is 16.2. The molecule has 120 valence electrons. The monoisotopic (exact) mass is 365 g/mol. The van der Waals surface area contributed by atoms with Crippen LogP contribution in [0.1, 0.15) is 11.1 Å². The normalized spacial score (nSPS) is 15.7. The van der Waals surface area contributed by atoms with E-state index in [-0.39, 0.29) is 0 Å². The van der Waals surface area contributed by atoms with Gasteiger partial charge in [-0.25, -0.2) is 0 Å². The fraction of sp³-hybridized carbons (Fsp3) is 0.278. The van der Waals surface area contributed by atoms with Crippen LogP contribution in [0.4, 0.5) is 0 Å². The Kier molecular flexibility index (Phi) is 5.54. The van der Waals surface area contributed by atoms with Gasteiger partial charge >= 0.3 is 0 Å². The largest absolute Gasteiger partial charge is 0.351 e. The number of benzene rings is 2. The summed E-state index contributed by atoms with van der Waals surface area (Å²) in [5.74, 6) is 0. The van der Waals surface area contributed by atoms with Gasteiger partial charge in [0.1, 0.15) is 11.5 Å². The van der Waals surface area contributed by atoms with Crippen LogP contribution in [0.25, 0.3) is 0 Å². The van der Waals surface area contributed by atoms with E-state index in [0.29, 0.717) is 10.0 Å². The van der Waals surface area contributed by atoms with E-state index in [2.05, 4.69) is 35.2 Å². The fourth-order valence-corrected chi connectivity index (χ4v) is 3.51. The number of quaternary nitrogens is 1. The van der Waals surface area contributed by atoms with Crippen molar-refractivity contribution in [3.63, 3.8) is 0 Å². The molecule has 5 heteroatoms. The van der Waals surface area contributed by atoms with E-state index in [1.165, 1.54) is 5.56 Å². The molecule has 2 aromatic rings. The van der Waals surface area contributed by atoms with Crippen molar-refractivity contribution in [2.75, 3.05) is 26.2 Å². The number of halogens is 2. The van der Waals surface area contributed by atoms with Gasteiger partial charge in [-0.05, 0) is 12.1 Å². The van der Waals surface area contributed by atoms with Crippen molar-refractivity contribution in [3.05, 3.63) is 69.7 Å². The highest BCUT2D eigenvalue weighted by atomic mass is 35.5. The van der Waals surface area contributed by atoms with Crippen molar-refractivity contribution < 1.29 is 4.90 Å². The minimum absolute atomic E-state index is 0.555. The van der Waals surface area contributed by atoms with Crippen LogP contribution in [-0.4, -0.2) is 36.1 Å². The lowest BCUT2D eigenvalue weighted by molar-refractivity contribution is -0.917.